The minimum Gasteiger partial charge on any atom is -0.616 e. The topological polar surface area (TPSA) is 44.8 Å². The van der Waals surface area contributed by atoms with Crippen molar-refractivity contribution in [2.24, 2.45) is 0 Å². The maximum Gasteiger partial charge on any atom is 0.142 e. The Labute approximate surface area is 188 Å². The number of ether oxygens (including phenoxy) is 2. The summed E-state index contributed by atoms with van der Waals surface area (Å²) in [4.78, 5) is 2.25. The molecule has 0 N–H and O–H groups in total. The van der Waals surface area contributed by atoms with E-state index in [2.05, 4.69) is 53.4 Å². The Balaban J connectivity index is 1.26. The molecule has 1 fully saturated rings. The van der Waals surface area contributed by atoms with Crippen LogP contribution in [0.5, 0.6) is 5.75 Å². The molecule has 0 aliphatic carbocycles. The van der Waals surface area contributed by atoms with Gasteiger partial charge in [-0.25, -0.2) is 0 Å². The summed E-state index contributed by atoms with van der Waals surface area (Å²) in [5, 5.41) is 0. The molecule has 3 aromatic rings. The summed E-state index contributed by atoms with van der Waals surface area (Å²) in [6.45, 7) is 3.99. The second-order valence-electron chi connectivity index (χ2n) is 7.75. The maximum absolute atomic E-state index is 12.4. The monoisotopic (exact) mass is 435 g/mol. The van der Waals surface area contributed by atoms with Crippen molar-refractivity contribution < 1.29 is 14.0 Å². The van der Waals surface area contributed by atoms with Gasteiger partial charge in [0.1, 0.15) is 24.0 Å². The van der Waals surface area contributed by atoms with E-state index in [4.69, 9.17) is 9.47 Å². The van der Waals surface area contributed by atoms with Crippen molar-refractivity contribution in [1.29, 1.82) is 0 Å². The summed E-state index contributed by atoms with van der Waals surface area (Å²) in [5.74, 6) is 2.17. The van der Waals surface area contributed by atoms with E-state index in [1.54, 1.807) is 0 Å². The van der Waals surface area contributed by atoms with E-state index in [1.807, 2.05) is 30.3 Å². The number of hydrogen-bond donors (Lipinski definition) is 0. The lowest BCUT2D eigenvalue weighted by Crippen LogP contribution is -2.38. The van der Waals surface area contributed by atoms with Crippen LogP contribution < -0.4 is 4.74 Å². The Bertz CT molecular complexity index is 910. The largest absolute Gasteiger partial charge is 0.616 e. The Morgan fingerprint density at radius 1 is 0.806 bits per heavy atom. The lowest BCUT2D eigenvalue weighted by atomic mass is 10.0. The first-order valence-corrected chi connectivity index (χ1v) is 12.3. The number of aryl methyl sites for hydroxylation is 1. The van der Waals surface area contributed by atoms with E-state index in [-0.39, 0.29) is 0 Å². The van der Waals surface area contributed by atoms with E-state index in [0.717, 1.165) is 55.2 Å². The highest BCUT2D eigenvalue weighted by molar-refractivity contribution is 7.90. The van der Waals surface area contributed by atoms with Gasteiger partial charge < -0.3 is 14.0 Å². The van der Waals surface area contributed by atoms with E-state index >= 15 is 0 Å². The Morgan fingerprint density at radius 3 is 2.13 bits per heavy atom. The molecule has 162 valence electrons. The number of benzene rings is 3. The molecule has 4 nitrogen and oxygen atoms in total. The first kappa shape index (κ1) is 21.9. The molecule has 0 aromatic heterocycles. The molecule has 0 radical (unpaired) electrons. The van der Waals surface area contributed by atoms with Crippen LogP contribution in [-0.4, -0.2) is 48.2 Å². The zero-order valence-corrected chi connectivity index (χ0v) is 18.6. The van der Waals surface area contributed by atoms with Crippen LogP contribution in [0.2, 0.25) is 0 Å². The smallest absolute Gasteiger partial charge is 0.142 e. The standard InChI is InChI=1S/C26H29NO3S/c28-31(19-14-22-4-2-1-3-5-22)20-23-6-8-24(9-7-23)25-10-12-26(13-11-25)30-21-27-15-17-29-18-16-27/h1-13H,14-21H2. The lowest BCUT2D eigenvalue weighted by Gasteiger charge is -2.26. The van der Waals surface area contributed by atoms with Crippen molar-refractivity contribution in [2.75, 3.05) is 38.8 Å². The van der Waals surface area contributed by atoms with Crippen LogP contribution in [0, 0.1) is 0 Å². The summed E-state index contributed by atoms with van der Waals surface area (Å²) in [5.41, 5.74) is 4.65. The normalized spacial score (nSPS) is 15.5. The third-order valence-corrected chi connectivity index (χ3v) is 6.76. The number of nitrogens with zero attached hydrogens (tertiary/aromatic N) is 1. The van der Waals surface area contributed by atoms with Crippen molar-refractivity contribution >= 4 is 11.2 Å². The lowest BCUT2D eigenvalue weighted by molar-refractivity contribution is 0.00408. The first-order chi connectivity index (χ1) is 15.3. The molecule has 4 rings (SSSR count). The van der Waals surface area contributed by atoms with Crippen LogP contribution in [0.15, 0.2) is 78.9 Å². The molecule has 0 spiro atoms. The van der Waals surface area contributed by atoms with Gasteiger partial charge in [-0.2, -0.15) is 0 Å². The van der Waals surface area contributed by atoms with E-state index < -0.39 is 11.2 Å². The van der Waals surface area contributed by atoms with Gasteiger partial charge in [0, 0.05) is 25.1 Å². The van der Waals surface area contributed by atoms with Crippen molar-refractivity contribution in [3.05, 3.63) is 90.0 Å². The van der Waals surface area contributed by atoms with Crippen LogP contribution >= 0.6 is 0 Å². The van der Waals surface area contributed by atoms with Crippen molar-refractivity contribution in [1.82, 2.24) is 4.90 Å². The zero-order chi connectivity index (χ0) is 21.3. The van der Waals surface area contributed by atoms with Gasteiger partial charge in [-0.05, 0) is 40.0 Å². The summed E-state index contributed by atoms with van der Waals surface area (Å²) in [6.07, 6.45) is 0.853. The van der Waals surface area contributed by atoms with Crippen LogP contribution in [0.1, 0.15) is 11.1 Å². The van der Waals surface area contributed by atoms with Gasteiger partial charge in [0.2, 0.25) is 0 Å². The fourth-order valence-corrected chi connectivity index (χ4v) is 4.74. The van der Waals surface area contributed by atoms with E-state index in [9.17, 15) is 4.55 Å². The minimum absolute atomic E-state index is 0.596. The molecule has 1 saturated heterocycles. The molecule has 1 aliphatic rings. The highest BCUT2D eigenvalue weighted by Crippen LogP contribution is 2.23. The van der Waals surface area contributed by atoms with Crippen LogP contribution in [0.25, 0.3) is 11.1 Å². The summed E-state index contributed by atoms with van der Waals surface area (Å²) < 4.78 is 23.7. The van der Waals surface area contributed by atoms with Gasteiger partial charge in [0.05, 0.1) is 13.2 Å². The minimum atomic E-state index is -0.859. The van der Waals surface area contributed by atoms with E-state index in [0.29, 0.717) is 18.2 Å². The predicted molar refractivity (Wildman–Crippen MR) is 127 cm³/mol. The molecular formula is C26H29NO3S. The molecule has 0 saturated carbocycles. The summed E-state index contributed by atoms with van der Waals surface area (Å²) in [6, 6.07) is 26.8. The molecule has 31 heavy (non-hydrogen) atoms. The predicted octanol–water partition coefficient (Wildman–Crippen LogP) is 4.51. The molecule has 3 aromatic carbocycles. The summed E-state index contributed by atoms with van der Waals surface area (Å²) in [7, 11) is 0. The Kier molecular flexibility index (Phi) is 8.02. The quantitative estimate of drug-likeness (QED) is 0.464. The molecule has 1 heterocycles. The molecule has 0 amide bonds. The third kappa shape index (κ3) is 6.84. The Hall–Kier alpha value is -2.31. The average molecular weight is 436 g/mol. The molecule has 1 unspecified atom stereocenters. The molecule has 5 heteroatoms. The van der Waals surface area contributed by atoms with Crippen LogP contribution in [0.3, 0.4) is 0 Å². The highest BCUT2D eigenvalue weighted by Gasteiger charge is 2.11. The fraction of sp³-hybridized carbons (Fsp3) is 0.308. The van der Waals surface area contributed by atoms with Gasteiger partial charge in [0.15, 0.2) is 0 Å². The van der Waals surface area contributed by atoms with E-state index in [1.165, 1.54) is 5.56 Å². The van der Waals surface area contributed by atoms with Gasteiger partial charge in [-0.1, -0.05) is 66.7 Å². The molecule has 0 bridgehead atoms. The molecule has 1 atom stereocenters. The second-order valence-corrected chi connectivity index (χ2v) is 9.33. The van der Waals surface area contributed by atoms with Gasteiger partial charge >= 0.3 is 0 Å². The van der Waals surface area contributed by atoms with Gasteiger partial charge in [0.25, 0.3) is 0 Å². The van der Waals surface area contributed by atoms with Gasteiger partial charge in [-0.15, -0.1) is 0 Å². The maximum atomic E-state index is 12.4. The zero-order valence-electron chi connectivity index (χ0n) is 17.7. The highest BCUT2D eigenvalue weighted by atomic mass is 32.2. The molecular weight excluding hydrogens is 406 g/mol. The van der Waals surface area contributed by atoms with Crippen molar-refractivity contribution in [2.45, 2.75) is 12.2 Å². The number of hydrogen-bond acceptors (Lipinski definition) is 4. The molecule has 1 aliphatic heterocycles. The van der Waals surface area contributed by atoms with Crippen LogP contribution in [0.4, 0.5) is 0 Å². The van der Waals surface area contributed by atoms with Crippen LogP contribution in [-0.2, 0) is 28.1 Å². The second kappa shape index (κ2) is 11.3. The van der Waals surface area contributed by atoms with Crippen molar-refractivity contribution in [3.63, 3.8) is 0 Å². The number of rotatable bonds is 9. The first-order valence-electron chi connectivity index (χ1n) is 10.8. The van der Waals surface area contributed by atoms with Crippen molar-refractivity contribution in [3.8, 4) is 16.9 Å². The average Bonchev–Trinajstić information content (AvgIpc) is 2.84. The number of morpholine rings is 1. The Morgan fingerprint density at radius 2 is 1.45 bits per heavy atom. The fourth-order valence-electron chi connectivity index (χ4n) is 3.57. The third-order valence-electron chi connectivity index (χ3n) is 5.45. The SMILES string of the molecule is [O-][S+](CCc1ccccc1)Cc1ccc(-c2ccc(OCN3CCOCC3)cc2)cc1. The summed E-state index contributed by atoms with van der Waals surface area (Å²) >= 11 is -0.859. The van der Waals surface area contributed by atoms with Gasteiger partial charge in [-0.3, -0.25) is 4.90 Å².